The Morgan fingerprint density at radius 1 is 1.47 bits per heavy atom. The highest BCUT2D eigenvalue weighted by Crippen LogP contribution is 2.33. The van der Waals surface area contributed by atoms with Crippen molar-refractivity contribution < 1.29 is 14.4 Å². The molecule has 1 rings (SSSR count). The first-order valence-corrected chi connectivity index (χ1v) is 6.62. The van der Waals surface area contributed by atoms with Gasteiger partial charge in [0.25, 0.3) is 0 Å². The van der Waals surface area contributed by atoms with Crippen LogP contribution in [0, 0.1) is 5.41 Å². The van der Waals surface area contributed by atoms with Crippen LogP contribution in [0.25, 0.3) is 0 Å². The zero-order valence-corrected chi connectivity index (χ0v) is 11.9. The van der Waals surface area contributed by atoms with E-state index in [9.17, 15) is 14.4 Å². The Morgan fingerprint density at radius 3 is 2.58 bits per heavy atom. The van der Waals surface area contributed by atoms with Crippen molar-refractivity contribution in [1.82, 2.24) is 9.80 Å². The Morgan fingerprint density at radius 2 is 2.11 bits per heavy atom. The van der Waals surface area contributed by atoms with Crippen LogP contribution in [0.2, 0.25) is 0 Å². The van der Waals surface area contributed by atoms with Crippen molar-refractivity contribution in [2.45, 2.75) is 33.1 Å². The van der Waals surface area contributed by atoms with E-state index < -0.39 is 11.3 Å². The Labute approximate surface area is 113 Å². The van der Waals surface area contributed by atoms with E-state index in [1.807, 2.05) is 6.92 Å². The number of carbonyl (C=O) groups is 3. The van der Waals surface area contributed by atoms with Gasteiger partial charge in [-0.05, 0) is 12.8 Å². The fourth-order valence-corrected chi connectivity index (χ4v) is 2.37. The predicted octanol–water partition coefficient (Wildman–Crippen LogP) is -0.0312. The molecule has 0 bridgehead atoms. The number of carbonyl (C=O) groups excluding carboxylic acids is 3. The van der Waals surface area contributed by atoms with Crippen LogP contribution in [0.5, 0.6) is 0 Å². The van der Waals surface area contributed by atoms with E-state index in [4.69, 9.17) is 5.73 Å². The summed E-state index contributed by atoms with van der Waals surface area (Å²) in [5.41, 5.74) is 4.46. The summed E-state index contributed by atoms with van der Waals surface area (Å²) in [7, 11) is 1.74. The van der Waals surface area contributed by atoms with Crippen molar-refractivity contribution in [2.75, 3.05) is 26.7 Å². The average molecular weight is 269 g/mol. The number of amides is 3. The first-order chi connectivity index (χ1) is 8.80. The zero-order valence-electron chi connectivity index (χ0n) is 11.9. The number of rotatable bonds is 5. The van der Waals surface area contributed by atoms with E-state index in [1.165, 1.54) is 4.90 Å². The van der Waals surface area contributed by atoms with Crippen molar-refractivity contribution in [2.24, 2.45) is 11.1 Å². The maximum Gasteiger partial charge on any atom is 0.237 e. The van der Waals surface area contributed by atoms with Crippen molar-refractivity contribution in [1.29, 1.82) is 0 Å². The molecule has 0 aliphatic carbocycles. The first-order valence-electron chi connectivity index (χ1n) is 6.62. The monoisotopic (exact) mass is 269 g/mol. The van der Waals surface area contributed by atoms with E-state index in [1.54, 1.807) is 18.9 Å². The van der Waals surface area contributed by atoms with Gasteiger partial charge in [-0.2, -0.15) is 0 Å². The lowest BCUT2D eigenvalue weighted by Gasteiger charge is -2.39. The van der Waals surface area contributed by atoms with Gasteiger partial charge in [0.2, 0.25) is 17.7 Å². The minimum Gasteiger partial charge on any atom is -0.368 e. The molecule has 0 aromatic heterocycles. The third-order valence-corrected chi connectivity index (χ3v) is 3.61. The lowest BCUT2D eigenvalue weighted by Crippen LogP contribution is -2.51. The van der Waals surface area contributed by atoms with Crippen LogP contribution in [0.1, 0.15) is 33.1 Å². The van der Waals surface area contributed by atoms with Crippen LogP contribution in [0.4, 0.5) is 0 Å². The van der Waals surface area contributed by atoms with Crippen molar-refractivity contribution in [3.05, 3.63) is 0 Å². The molecule has 0 spiro atoms. The summed E-state index contributed by atoms with van der Waals surface area (Å²) in [4.78, 5) is 38.5. The molecule has 1 heterocycles. The minimum absolute atomic E-state index is 0.0300. The summed E-state index contributed by atoms with van der Waals surface area (Å²) in [6.07, 6.45) is 1.57. The Balaban J connectivity index is 2.82. The molecule has 2 N–H and O–H groups in total. The van der Waals surface area contributed by atoms with E-state index in [-0.39, 0.29) is 24.8 Å². The van der Waals surface area contributed by atoms with Crippen molar-refractivity contribution >= 4 is 17.7 Å². The molecule has 1 aliphatic heterocycles. The molecule has 0 aromatic carbocycles. The van der Waals surface area contributed by atoms with Crippen molar-refractivity contribution in [3.8, 4) is 0 Å². The fourth-order valence-electron chi connectivity index (χ4n) is 2.37. The number of nitrogens with zero attached hydrogens (tertiary/aromatic N) is 2. The van der Waals surface area contributed by atoms with E-state index >= 15 is 0 Å². The number of primary amides is 1. The minimum atomic E-state index is -0.714. The lowest BCUT2D eigenvalue weighted by atomic mass is 9.78. The van der Waals surface area contributed by atoms with Gasteiger partial charge in [-0.15, -0.1) is 0 Å². The number of hydrogen-bond donors (Lipinski definition) is 1. The summed E-state index contributed by atoms with van der Waals surface area (Å²) in [6.45, 7) is 4.71. The van der Waals surface area contributed by atoms with Gasteiger partial charge >= 0.3 is 0 Å². The zero-order chi connectivity index (χ0) is 14.6. The van der Waals surface area contributed by atoms with Gasteiger partial charge in [-0.3, -0.25) is 14.4 Å². The van der Waals surface area contributed by atoms with Gasteiger partial charge in [-0.1, -0.05) is 13.8 Å². The number of hydrogen-bond acceptors (Lipinski definition) is 3. The SMILES string of the molecule is CCCN(CC(N)=O)C(=O)C1(C)CCN(C)C(=O)C1. The molecular formula is C13H23N3O3. The summed E-state index contributed by atoms with van der Waals surface area (Å²) in [5, 5.41) is 0. The van der Waals surface area contributed by atoms with E-state index in [0.717, 1.165) is 6.42 Å². The van der Waals surface area contributed by atoms with Gasteiger partial charge in [0.05, 0.1) is 12.0 Å². The normalized spacial score (nSPS) is 23.3. The Kier molecular flexibility index (Phi) is 4.91. The highest BCUT2D eigenvalue weighted by molar-refractivity contribution is 5.91. The molecule has 1 atom stereocenters. The Hall–Kier alpha value is -1.59. The molecule has 19 heavy (non-hydrogen) atoms. The van der Waals surface area contributed by atoms with Crippen LogP contribution in [0.3, 0.4) is 0 Å². The second-order valence-corrected chi connectivity index (χ2v) is 5.50. The van der Waals surface area contributed by atoms with Crippen LogP contribution in [-0.2, 0) is 14.4 Å². The topological polar surface area (TPSA) is 83.7 Å². The highest BCUT2D eigenvalue weighted by atomic mass is 16.2. The first kappa shape index (κ1) is 15.5. The molecule has 1 unspecified atom stereocenters. The van der Waals surface area contributed by atoms with Crippen LogP contribution >= 0.6 is 0 Å². The van der Waals surface area contributed by atoms with Gasteiger partial charge in [-0.25, -0.2) is 0 Å². The Bertz CT molecular complexity index is 383. The summed E-state index contributed by atoms with van der Waals surface area (Å²) < 4.78 is 0. The second kappa shape index (κ2) is 6.04. The quantitative estimate of drug-likeness (QED) is 0.760. The largest absolute Gasteiger partial charge is 0.368 e. The average Bonchev–Trinajstić information content (AvgIpc) is 2.32. The second-order valence-electron chi connectivity index (χ2n) is 5.50. The summed E-state index contributed by atoms with van der Waals surface area (Å²) >= 11 is 0. The van der Waals surface area contributed by atoms with Gasteiger partial charge < -0.3 is 15.5 Å². The van der Waals surface area contributed by atoms with E-state index in [2.05, 4.69) is 0 Å². The molecule has 1 fully saturated rings. The van der Waals surface area contributed by atoms with Crippen molar-refractivity contribution in [3.63, 3.8) is 0 Å². The molecule has 6 heteroatoms. The molecule has 0 aromatic rings. The number of nitrogens with two attached hydrogens (primary N) is 1. The molecular weight excluding hydrogens is 246 g/mol. The maximum atomic E-state index is 12.5. The molecule has 3 amide bonds. The molecule has 1 aliphatic rings. The van der Waals surface area contributed by atoms with Gasteiger partial charge in [0.1, 0.15) is 0 Å². The number of piperidine rings is 1. The summed E-state index contributed by atoms with van der Waals surface area (Å²) in [5.74, 6) is -0.697. The van der Waals surface area contributed by atoms with Gasteiger partial charge in [0.15, 0.2) is 0 Å². The molecule has 0 radical (unpaired) electrons. The van der Waals surface area contributed by atoms with E-state index in [0.29, 0.717) is 19.5 Å². The summed E-state index contributed by atoms with van der Waals surface area (Å²) in [6, 6.07) is 0. The number of likely N-dealkylation sites (tertiary alicyclic amines) is 1. The smallest absolute Gasteiger partial charge is 0.237 e. The van der Waals surface area contributed by atoms with Gasteiger partial charge in [0, 0.05) is 26.6 Å². The molecule has 0 saturated carbocycles. The van der Waals surface area contributed by atoms with Crippen LogP contribution in [-0.4, -0.2) is 54.2 Å². The third kappa shape index (κ3) is 3.68. The highest BCUT2D eigenvalue weighted by Gasteiger charge is 2.42. The lowest BCUT2D eigenvalue weighted by molar-refractivity contribution is -0.152. The fraction of sp³-hybridized carbons (Fsp3) is 0.769. The molecule has 108 valence electrons. The third-order valence-electron chi connectivity index (χ3n) is 3.61. The van der Waals surface area contributed by atoms with Crippen LogP contribution in [0.15, 0.2) is 0 Å². The maximum absolute atomic E-state index is 12.5. The standard InChI is InChI=1S/C13H23N3O3/c1-4-6-16(9-10(14)17)12(19)13(2)5-7-15(3)11(18)8-13/h4-9H2,1-3H3,(H2,14,17). The molecule has 6 nitrogen and oxygen atoms in total. The molecule has 1 saturated heterocycles. The van der Waals surface area contributed by atoms with Crippen LogP contribution < -0.4 is 5.73 Å². The predicted molar refractivity (Wildman–Crippen MR) is 71.0 cm³/mol.